The molecule has 0 saturated heterocycles. The third kappa shape index (κ3) is 2.01. The molecule has 0 spiro atoms. The maximum atomic E-state index is 12.6. The number of nitrogens with one attached hydrogen (secondary N) is 1. The molecule has 1 aromatic carbocycles. The molecule has 80 valence electrons. The van der Waals surface area contributed by atoms with Gasteiger partial charge in [0.05, 0.1) is 0 Å². The summed E-state index contributed by atoms with van der Waals surface area (Å²) in [7, 11) is 0. The molecule has 1 aromatic rings. The van der Waals surface area contributed by atoms with E-state index in [2.05, 4.69) is 19.2 Å². The predicted molar refractivity (Wildman–Crippen MR) is 56.8 cm³/mol. The Morgan fingerprint density at radius 1 is 1.20 bits per heavy atom. The molecule has 0 aromatic heterocycles. The summed E-state index contributed by atoms with van der Waals surface area (Å²) in [6, 6.07) is 5.83. The Bertz CT molecular complexity index is 366. The van der Waals surface area contributed by atoms with Crippen molar-refractivity contribution in [3.05, 3.63) is 30.1 Å². The van der Waals surface area contributed by atoms with Crippen molar-refractivity contribution in [1.29, 1.82) is 0 Å². The summed E-state index contributed by atoms with van der Waals surface area (Å²) in [5.74, 6) is 0.800. The molecule has 1 amide bonds. The quantitative estimate of drug-likeness (QED) is 0.793. The lowest BCUT2D eigenvalue weighted by molar-refractivity contribution is -0.117. The molecule has 2 atom stereocenters. The summed E-state index contributed by atoms with van der Waals surface area (Å²) < 4.78 is 12.6. The molecule has 3 heteroatoms. The molecule has 2 nitrogen and oxygen atoms in total. The van der Waals surface area contributed by atoms with E-state index in [9.17, 15) is 9.18 Å². The van der Waals surface area contributed by atoms with Crippen LogP contribution in [-0.4, -0.2) is 5.91 Å². The summed E-state index contributed by atoms with van der Waals surface area (Å²) >= 11 is 0. The fourth-order valence-electron chi connectivity index (χ4n) is 1.90. The zero-order valence-electron chi connectivity index (χ0n) is 8.83. The lowest BCUT2D eigenvalue weighted by atomic mass is 10.2. The van der Waals surface area contributed by atoms with E-state index in [4.69, 9.17) is 0 Å². The first-order valence-electron chi connectivity index (χ1n) is 5.16. The van der Waals surface area contributed by atoms with Gasteiger partial charge in [-0.1, -0.05) is 13.8 Å². The largest absolute Gasteiger partial charge is 0.326 e. The van der Waals surface area contributed by atoms with Gasteiger partial charge in [0.2, 0.25) is 5.91 Å². The van der Waals surface area contributed by atoms with E-state index in [1.807, 2.05) is 0 Å². The molecule has 1 saturated carbocycles. The van der Waals surface area contributed by atoms with Crippen molar-refractivity contribution >= 4 is 11.6 Å². The van der Waals surface area contributed by atoms with Gasteiger partial charge in [0.25, 0.3) is 0 Å². The minimum absolute atomic E-state index is 0.0432. The molecule has 1 N–H and O–H groups in total. The molecule has 0 bridgehead atoms. The molecular formula is C12H14FNO. The van der Waals surface area contributed by atoms with Gasteiger partial charge in [0.15, 0.2) is 0 Å². The van der Waals surface area contributed by atoms with Crippen LogP contribution in [0.5, 0.6) is 0 Å². The Labute approximate surface area is 88.5 Å². The van der Waals surface area contributed by atoms with Crippen molar-refractivity contribution in [2.75, 3.05) is 5.32 Å². The Morgan fingerprint density at radius 2 is 1.73 bits per heavy atom. The van der Waals surface area contributed by atoms with E-state index in [1.165, 1.54) is 12.1 Å². The van der Waals surface area contributed by atoms with E-state index in [-0.39, 0.29) is 17.6 Å². The highest BCUT2D eigenvalue weighted by Crippen LogP contribution is 2.45. The van der Waals surface area contributed by atoms with E-state index < -0.39 is 0 Å². The lowest BCUT2D eigenvalue weighted by Crippen LogP contribution is -2.15. The van der Waals surface area contributed by atoms with E-state index in [0.717, 1.165) is 0 Å². The van der Waals surface area contributed by atoms with Gasteiger partial charge in [-0.15, -0.1) is 0 Å². The van der Waals surface area contributed by atoms with Crippen molar-refractivity contribution in [2.45, 2.75) is 13.8 Å². The zero-order chi connectivity index (χ0) is 11.0. The smallest absolute Gasteiger partial charge is 0.228 e. The summed E-state index contributed by atoms with van der Waals surface area (Å²) in [6.07, 6.45) is 0. The number of benzene rings is 1. The second kappa shape index (κ2) is 3.65. The van der Waals surface area contributed by atoms with Gasteiger partial charge in [0, 0.05) is 11.6 Å². The van der Waals surface area contributed by atoms with E-state index >= 15 is 0 Å². The number of rotatable bonds is 2. The van der Waals surface area contributed by atoms with E-state index in [1.54, 1.807) is 12.1 Å². The lowest BCUT2D eigenvalue weighted by Gasteiger charge is -2.03. The number of anilines is 1. The Hall–Kier alpha value is -1.38. The highest BCUT2D eigenvalue weighted by atomic mass is 19.1. The first-order chi connectivity index (χ1) is 7.09. The van der Waals surface area contributed by atoms with Crippen LogP contribution in [-0.2, 0) is 4.79 Å². The molecule has 2 rings (SSSR count). The number of amides is 1. The van der Waals surface area contributed by atoms with Crippen LogP contribution >= 0.6 is 0 Å². The van der Waals surface area contributed by atoms with Crippen LogP contribution in [0.3, 0.4) is 0 Å². The van der Waals surface area contributed by atoms with Gasteiger partial charge < -0.3 is 5.32 Å². The van der Waals surface area contributed by atoms with Crippen molar-refractivity contribution in [1.82, 2.24) is 0 Å². The van der Waals surface area contributed by atoms with Gasteiger partial charge in [0.1, 0.15) is 5.82 Å². The first kappa shape index (κ1) is 10.1. The monoisotopic (exact) mass is 207 g/mol. The van der Waals surface area contributed by atoms with Crippen molar-refractivity contribution in [3.8, 4) is 0 Å². The third-order valence-electron chi connectivity index (χ3n) is 3.24. The predicted octanol–water partition coefficient (Wildman–Crippen LogP) is 2.67. The normalized spacial score (nSPS) is 28.6. The van der Waals surface area contributed by atoms with Gasteiger partial charge in [-0.25, -0.2) is 4.39 Å². The second-order valence-electron chi connectivity index (χ2n) is 4.24. The molecule has 1 aliphatic carbocycles. The minimum Gasteiger partial charge on any atom is -0.326 e. The highest BCUT2D eigenvalue weighted by Gasteiger charge is 2.48. The molecule has 0 heterocycles. The Balaban J connectivity index is 1.98. The molecule has 1 fully saturated rings. The number of hydrogen-bond acceptors (Lipinski definition) is 1. The van der Waals surface area contributed by atoms with Crippen LogP contribution in [0.2, 0.25) is 0 Å². The fraction of sp³-hybridized carbons (Fsp3) is 0.417. The van der Waals surface area contributed by atoms with Crippen LogP contribution in [0.4, 0.5) is 10.1 Å². The summed E-state index contributed by atoms with van der Waals surface area (Å²) in [4.78, 5) is 11.7. The molecule has 0 unspecified atom stereocenters. The molecule has 0 aliphatic heterocycles. The Morgan fingerprint density at radius 3 is 2.20 bits per heavy atom. The van der Waals surface area contributed by atoms with Crippen LogP contribution in [0.1, 0.15) is 13.8 Å². The Kier molecular flexibility index (Phi) is 2.47. The van der Waals surface area contributed by atoms with E-state index in [0.29, 0.717) is 17.5 Å². The van der Waals surface area contributed by atoms with Gasteiger partial charge >= 0.3 is 0 Å². The molecule has 0 radical (unpaired) electrons. The number of carbonyl (C=O) groups is 1. The van der Waals surface area contributed by atoms with Crippen molar-refractivity contribution < 1.29 is 9.18 Å². The summed E-state index contributed by atoms with van der Waals surface area (Å²) in [6.45, 7) is 4.14. The van der Waals surface area contributed by atoms with Crippen LogP contribution in [0.25, 0.3) is 0 Å². The van der Waals surface area contributed by atoms with Crippen LogP contribution in [0.15, 0.2) is 24.3 Å². The van der Waals surface area contributed by atoms with Crippen molar-refractivity contribution in [3.63, 3.8) is 0 Å². The average Bonchev–Trinajstić information content (AvgIpc) is 2.79. The number of hydrogen-bond donors (Lipinski definition) is 1. The molecule has 15 heavy (non-hydrogen) atoms. The zero-order valence-corrected chi connectivity index (χ0v) is 8.83. The second-order valence-corrected chi connectivity index (χ2v) is 4.24. The first-order valence-corrected chi connectivity index (χ1v) is 5.16. The average molecular weight is 207 g/mol. The molecule has 1 aliphatic rings. The fourth-order valence-corrected chi connectivity index (χ4v) is 1.90. The standard InChI is InChI=1S/C12H14FNO/c1-7-8(2)11(7)12(15)14-10-5-3-9(13)4-6-10/h3-8,11H,1-2H3,(H,14,15)/t7-,8-/m1/s1. The molecular weight excluding hydrogens is 193 g/mol. The maximum absolute atomic E-state index is 12.6. The third-order valence-corrected chi connectivity index (χ3v) is 3.24. The summed E-state index contributed by atoms with van der Waals surface area (Å²) in [5.41, 5.74) is 0.660. The van der Waals surface area contributed by atoms with Crippen LogP contribution in [0, 0.1) is 23.6 Å². The van der Waals surface area contributed by atoms with Crippen molar-refractivity contribution in [2.24, 2.45) is 17.8 Å². The topological polar surface area (TPSA) is 29.1 Å². The minimum atomic E-state index is -0.291. The number of carbonyl (C=O) groups excluding carboxylic acids is 1. The SMILES string of the molecule is C[C@H]1C(C(=O)Nc2ccc(F)cc2)[C@@H]1C. The summed E-state index contributed by atoms with van der Waals surface area (Å²) in [5, 5.41) is 2.79. The van der Waals surface area contributed by atoms with Gasteiger partial charge in [-0.2, -0.15) is 0 Å². The van der Waals surface area contributed by atoms with Crippen LogP contribution < -0.4 is 5.32 Å². The van der Waals surface area contributed by atoms with Gasteiger partial charge in [-0.05, 0) is 36.1 Å². The highest BCUT2D eigenvalue weighted by molar-refractivity contribution is 5.94. The maximum Gasteiger partial charge on any atom is 0.228 e. The number of halogens is 1. The van der Waals surface area contributed by atoms with Gasteiger partial charge in [-0.3, -0.25) is 4.79 Å².